The lowest BCUT2D eigenvalue weighted by atomic mass is 9.96. The van der Waals surface area contributed by atoms with E-state index in [1.165, 1.54) is 23.5 Å². The first-order valence-corrected chi connectivity index (χ1v) is 8.37. The predicted molar refractivity (Wildman–Crippen MR) is 78.8 cm³/mol. The van der Waals surface area contributed by atoms with Crippen LogP contribution in [-0.2, 0) is 15.6 Å². The summed E-state index contributed by atoms with van der Waals surface area (Å²) in [6.07, 6.45) is 0. The van der Waals surface area contributed by atoms with Gasteiger partial charge in [-0.2, -0.15) is 0 Å². The van der Waals surface area contributed by atoms with Gasteiger partial charge in [0.15, 0.2) is 0 Å². The number of hydrogen-bond donors (Lipinski definition) is 1. The van der Waals surface area contributed by atoms with E-state index in [1.807, 2.05) is 6.92 Å². The summed E-state index contributed by atoms with van der Waals surface area (Å²) >= 11 is 1.22. The van der Waals surface area contributed by atoms with Crippen LogP contribution in [0.1, 0.15) is 24.3 Å². The van der Waals surface area contributed by atoms with Crippen LogP contribution in [-0.4, -0.2) is 8.42 Å². The number of rotatable bonds is 4. The molecule has 1 N–H and O–H groups in total. The second-order valence-electron chi connectivity index (χ2n) is 5.10. The zero-order valence-corrected chi connectivity index (χ0v) is 13.1. The van der Waals surface area contributed by atoms with Crippen LogP contribution < -0.4 is 4.72 Å². The molecule has 0 spiro atoms. The molecule has 0 unspecified atom stereocenters. The van der Waals surface area contributed by atoms with E-state index < -0.39 is 15.6 Å². The summed E-state index contributed by atoms with van der Waals surface area (Å²) in [6, 6.07) is 9.16. The molecule has 0 fully saturated rings. The first-order valence-electron chi connectivity index (χ1n) is 6.07. The molecule has 0 amide bonds. The standard InChI is InChI=1S/C14H16FNO2S2/c1-10-4-9-13(19-10)20(17,18)16-14(2,3)11-5-7-12(15)8-6-11/h4-9,16H,1-3H3. The topological polar surface area (TPSA) is 46.2 Å². The molecule has 0 aliphatic heterocycles. The molecule has 1 aromatic heterocycles. The summed E-state index contributed by atoms with van der Waals surface area (Å²) < 4.78 is 40.5. The lowest BCUT2D eigenvalue weighted by molar-refractivity contribution is 0.472. The zero-order chi connectivity index (χ0) is 15.0. The molecule has 20 heavy (non-hydrogen) atoms. The molecular weight excluding hydrogens is 297 g/mol. The Balaban J connectivity index is 2.30. The third-order valence-electron chi connectivity index (χ3n) is 2.94. The van der Waals surface area contributed by atoms with Crippen molar-refractivity contribution in [2.45, 2.75) is 30.5 Å². The fourth-order valence-corrected chi connectivity index (χ4v) is 4.55. The van der Waals surface area contributed by atoms with Gasteiger partial charge in [-0.15, -0.1) is 11.3 Å². The van der Waals surface area contributed by atoms with Gasteiger partial charge < -0.3 is 0 Å². The average molecular weight is 313 g/mol. The molecule has 1 heterocycles. The molecule has 0 bridgehead atoms. The zero-order valence-electron chi connectivity index (χ0n) is 11.5. The van der Waals surface area contributed by atoms with E-state index in [0.29, 0.717) is 5.56 Å². The maximum absolute atomic E-state index is 12.9. The van der Waals surface area contributed by atoms with Gasteiger partial charge in [0, 0.05) is 4.88 Å². The smallest absolute Gasteiger partial charge is 0.207 e. The summed E-state index contributed by atoms with van der Waals surface area (Å²) in [5.74, 6) is -0.346. The molecule has 108 valence electrons. The maximum atomic E-state index is 12.9. The minimum atomic E-state index is -3.58. The van der Waals surface area contributed by atoms with Gasteiger partial charge >= 0.3 is 0 Å². The summed E-state index contributed by atoms with van der Waals surface area (Å²) in [4.78, 5) is 0.935. The van der Waals surface area contributed by atoms with Crippen LogP contribution in [0.15, 0.2) is 40.6 Å². The van der Waals surface area contributed by atoms with Crippen molar-refractivity contribution < 1.29 is 12.8 Å². The molecule has 0 radical (unpaired) electrons. The van der Waals surface area contributed by atoms with Gasteiger partial charge in [-0.3, -0.25) is 0 Å². The SMILES string of the molecule is Cc1ccc(S(=O)(=O)NC(C)(C)c2ccc(F)cc2)s1. The van der Waals surface area contributed by atoms with Crippen LogP contribution in [0, 0.1) is 12.7 Å². The van der Waals surface area contributed by atoms with Crippen molar-refractivity contribution in [1.29, 1.82) is 0 Å². The Morgan fingerprint density at radius 1 is 1.10 bits per heavy atom. The highest BCUT2D eigenvalue weighted by molar-refractivity contribution is 7.91. The quantitative estimate of drug-likeness (QED) is 0.940. The van der Waals surface area contributed by atoms with E-state index in [-0.39, 0.29) is 10.0 Å². The van der Waals surface area contributed by atoms with Crippen molar-refractivity contribution in [3.63, 3.8) is 0 Å². The molecule has 0 aliphatic carbocycles. The van der Waals surface area contributed by atoms with Gasteiger partial charge in [-0.25, -0.2) is 17.5 Å². The van der Waals surface area contributed by atoms with Crippen molar-refractivity contribution in [2.24, 2.45) is 0 Å². The number of sulfonamides is 1. The third-order valence-corrected chi connectivity index (χ3v) is 6.08. The van der Waals surface area contributed by atoms with E-state index in [4.69, 9.17) is 0 Å². The second kappa shape index (κ2) is 5.27. The van der Waals surface area contributed by atoms with Gasteiger partial charge in [-0.05, 0) is 50.6 Å². The van der Waals surface area contributed by atoms with E-state index in [0.717, 1.165) is 4.88 Å². The van der Waals surface area contributed by atoms with Crippen molar-refractivity contribution in [3.8, 4) is 0 Å². The molecule has 0 aliphatic rings. The van der Waals surface area contributed by atoms with Crippen LogP contribution in [0.3, 0.4) is 0 Å². The highest BCUT2D eigenvalue weighted by Gasteiger charge is 2.28. The number of thiophene rings is 1. The lowest BCUT2D eigenvalue weighted by Crippen LogP contribution is -2.40. The van der Waals surface area contributed by atoms with Gasteiger partial charge in [-0.1, -0.05) is 12.1 Å². The molecule has 0 atom stereocenters. The van der Waals surface area contributed by atoms with Crippen LogP contribution in [0.5, 0.6) is 0 Å². The second-order valence-corrected chi connectivity index (χ2v) is 8.30. The summed E-state index contributed by atoms with van der Waals surface area (Å²) in [7, 11) is -3.58. The number of hydrogen-bond acceptors (Lipinski definition) is 3. The minimum Gasteiger partial charge on any atom is -0.207 e. The first kappa shape index (κ1) is 15.2. The van der Waals surface area contributed by atoms with Crippen LogP contribution in [0.25, 0.3) is 0 Å². The van der Waals surface area contributed by atoms with Crippen molar-refractivity contribution in [2.75, 3.05) is 0 Å². The summed E-state index contributed by atoms with van der Waals surface area (Å²) in [5.41, 5.74) is -0.111. The average Bonchev–Trinajstić information content (AvgIpc) is 2.76. The van der Waals surface area contributed by atoms with Crippen LogP contribution >= 0.6 is 11.3 Å². The first-order chi connectivity index (χ1) is 9.21. The van der Waals surface area contributed by atoms with E-state index in [9.17, 15) is 12.8 Å². The highest BCUT2D eigenvalue weighted by Crippen LogP contribution is 2.26. The van der Waals surface area contributed by atoms with Crippen LogP contribution in [0.2, 0.25) is 0 Å². The monoisotopic (exact) mass is 313 g/mol. The molecule has 3 nitrogen and oxygen atoms in total. The van der Waals surface area contributed by atoms with E-state index >= 15 is 0 Å². The van der Waals surface area contributed by atoms with Gasteiger partial charge in [0.2, 0.25) is 0 Å². The van der Waals surface area contributed by atoms with Gasteiger partial charge in [0.1, 0.15) is 10.0 Å². The Morgan fingerprint density at radius 2 is 1.70 bits per heavy atom. The number of aryl methyl sites for hydroxylation is 1. The fraction of sp³-hybridized carbons (Fsp3) is 0.286. The number of nitrogens with one attached hydrogen (secondary N) is 1. The Bertz CT molecular complexity index is 703. The summed E-state index contributed by atoms with van der Waals surface area (Å²) in [6.45, 7) is 5.35. The molecule has 2 aromatic rings. The van der Waals surface area contributed by atoms with Crippen molar-refractivity contribution >= 4 is 21.4 Å². The fourth-order valence-electron chi connectivity index (χ4n) is 1.87. The van der Waals surface area contributed by atoms with Gasteiger partial charge in [0.05, 0.1) is 5.54 Å². The number of benzene rings is 1. The third kappa shape index (κ3) is 3.26. The highest BCUT2D eigenvalue weighted by atomic mass is 32.2. The summed E-state index contributed by atoms with van der Waals surface area (Å²) in [5, 5.41) is 0. The van der Waals surface area contributed by atoms with E-state index in [2.05, 4.69) is 4.72 Å². The van der Waals surface area contributed by atoms with Gasteiger partial charge in [0.25, 0.3) is 10.0 Å². The normalized spacial score (nSPS) is 12.6. The number of halogens is 1. The van der Waals surface area contributed by atoms with Crippen molar-refractivity contribution in [3.05, 3.63) is 52.7 Å². The Hall–Kier alpha value is -1.24. The molecule has 0 saturated heterocycles. The molecular formula is C14H16FNO2S2. The maximum Gasteiger partial charge on any atom is 0.250 e. The predicted octanol–water partition coefficient (Wildman–Crippen LogP) is 3.41. The lowest BCUT2D eigenvalue weighted by Gasteiger charge is -2.26. The largest absolute Gasteiger partial charge is 0.250 e. The molecule has 0 saturated carbocycles. The minimum absolute atomic E-state index is 0.283. The molecule has 1 aromatic carbocycles. The van der Waals surface area contributed by atoms with Crippen molar-refractivity contribution in [1.82, 2.24) is 4.72 Å². The van der Waals surface area contributed by atoms with E-state index in [1.54, 1.807) is 38.1 Å². The van der Waals surface area contributed by atoms with Crippen LogP contribution in [0.4, 0.5) is 4.39 Å². The molecule has 6 heteroatoms. The Morgan fingerprint density at radius 3 is 2.20 bits per heavy atom. The Labute approximate surface area is 122 Å². The Kier molecular flexibility index (Phi) is 4.00. The molecule has 2 rings (SSSR count).